The van der Waals surface area contributed by atoms with Crippen molar-refractivity contribution >= 4 is 44.4 Å². The standard InChI is InChI=1S/C23H25ClN4O3S/c1-27(32(30,31)22-6-2-5-19-16-26-12-11-21(19)22)14-15-28(17-23(25)29)13-3-4-18-7-9-20(24)10-8-18/h2-12,16H,13-15,17H2,1H3,(H2,25,29). The molecule has 1 aromatic heterocycles. The molecule has 0 aliphatic heterocycles. The van der Waals surface area contributed by atoms with Gasteiger partial charge in [0.2, 0.25) is 15.9 Å². The quantitative estimate of drug-likeness (QED) is 0.489. The number of primary amides is 1. The van der Waals surface area contributed by atoms with Gasteiger partial charge in [-0.15, -0.1) is 0 Å². The molecule has 0 atom stereocenters. The number of sulfonamides is 1. The van der Waals surface area contributed by atoms with E-state index in [1.54, 1.807) is 47.6 Å². The van der Waals surface area contributed by atoms with Crippen molar-refractivity contribution in [1.82, 2.24) is 14.2 Å². The highest BCUT2D eigenvalue weighted by molar-refractivity contribution is 7.89. The second kappa shape index (κ2) is 10.7. The van der Waals surface area contributed by atoms with Crippen molar-refractivity contribution in [2.45, 2.75) is 4.90 Å². The summed E-state index contributed by atoms with van der Waals surface area (Å²) in [6.07, 6.45) is 7.02. The predicted octanol–water partition coefficient (Wildman–Crippen LogP) is 3.01. The summed E-state index contributed by atoms with van der Waals surface area (Å²) in [5.74, 6) is -0.475. The van der Waals surface area contributed by atoms with Crippen molar-refractivity contribution in [2.75, 3.05) is 33.2 Å². The lowest BCUT2D eigenvalue weighted by Gasteiger charge is -2.23. The maximum atomic E-state index is 13.2. The minimum atomic E-state index is -3.73. The second-order valence-corrected chi connectivity index (χ2v) is 9.78. The number of nitrogens with two attached hydrogens (primary N) is 1. The maximum Gasteiger partial charge on any atom is 0.243 e. The highest BCUT2D eigenvalue weighted by Gasteiger charge is 2.23. The SMILES string of the molecule is CN(CCN(CC=Cc1ccc(Cl)cc1)CC(N)=O)S(=O)(=O)c1cccc2cnccc12. The molecule has 2 N–H and O–H groups in total. The molecule has 168 valence electrons. The third-order valence-corrected chi connectivity index (χ3v) is 7.15. The van der Waals surface area contributed by atoms with Gasteiger partial charge >= 0.3 is 0 Å². The highest BCUT2D eigenvalue weighted by atomic mass is 35.5. The first-order valence-corrected chi connectivity index (χ1v) is 11.8. The Morgan fingerprint density at radius 2 is 1.88 bits per heavy atom. The van der Waals surface area contributed by atoms with Crippen LogP contribution in [0.25, 0.3) is 16.8 Å². The number of carbonyl (C=O) groups is 1. The fraction of sp³-hybridized carbons (Fsp3) is 0.217. The van der Waals surface area contributed by atoms with Crippen LogP contribution in [-0.4, -0.2) is 61.7 Å². The van der Waals surface area contributed by atoms with Crippen molar-refractivity contribution in [2.24, 2.45) is 5.73 Å². The average molecular weight is 473 g/mol. The van der Waals surface area contributed by atoms with Crippen LogP contribution in [0, 0.1) is 0 Å². The van der Waals surface area contributed by atoms with Crippen LogP contribution >= 0.6 is 11.6 Å². The molecule has 7 nitrogen and oxygen atoms in total. The summed E-state index contributed by atoms with van der Waals surface area (Å²) in [4.78, 5) is 17.6. The third-order valence-electron chi connectivity index (χ3n) is 4.98. The van der Waals surface area contributed by atoms with Gasteiger partial charge in [-0.2, -0.15) is 4.31 Å². The van der Waals surface area contributed by atoms with Crippen molar-refractivity contribution in [3.8, 4) is 0 Å². The molecule has 0 fully saturated rings. The van der Waals surface area contributed by atoms with E-state index in [4.69, 9.17) is 17.3 Å². The fourth-order valence-corrected chi connectivity index (χ4v) is 4.75. The number of hydrogen-bond donors (Lipinski definition) is 1. The molecule has 0 unspecified atom stereocenters. The van der Waals surface area contributed by atoms with Gasteiger partial charge in [0.25, 0.3) is 0 Å². The Hall–Kier alpha value is -2.78. The largest absolute Gasteiger partial charge is 0.369 e. The van der Waals surface area contributed by atoms with E-state index in [2.05, 4.69) is 4.98 Å². The molecule has 0 bridgehead atoms. The number of benzene rings is 2. The molecule has 32 heavy (non-hydrogen) atoms. The van der Waals surface area contributed by atoms with Crippen LogP contribution in [-0.2, 0) is 14.8 Å². The van der Waals surface area contributed by atoms with Crippen LogP contribution < -0.4 is 5.73 Å². The van der Waals surface area contributed by atoms with Gasteiger partial charge in [-0.1, -0.05) is 48.0 Å². The molecule has 0 saturated carbocycles. The van der Waals surface area contributed by atoms with E-state index in [1.165, 1.54) is 11.4 Å². The number of fused-ring (bicyclic) bond motifs is 1. The number of hydrogen-bond acceptors (Lipinski definition) is 5. The number of aromatic nitrogens is 1. The van der Waals surface area contributed by atoms with Crippen LogP contribution in [0.2, 0.25) is 5.02 Å². The zero-order valence-corrected chi connectivity index (χ0v) is 19.3. The summed E-state index contributed by atoms with van der Waals surface area (Å²) in [5, 5.41) is 2.03. The minimum absolute atomic E-state index is 0.0266. The number of likely N-dealkylation sites (N-methyl/N-ethyl adjacent to an activating group) is 1. The Balaban J connectivity index is 1.69. The van der Waals surface area contributed by atoms with Gasteiger partial charge in [0.15, 0.2) is 0 Å². The first-order chi connectivity index (χ1) is 15.3. The Labute approximate surface area is 193 Å². The molecule has 2 aromatic carbocycles. The topological polar surface area (TPSA) is 96.6 Å². The van der Waals surface area contributed by atoms with Crippen molar-refractivity contribution in [3.63, 3.8) is 0 Å². The van der Waals surface area contributed by atoms with Gasteiger partial charge in [-0.3, -0.25) is 14.7 Å². The summed E-state index contributed by atoms with van der Waals surface area (Å²) in [6.45, 7) is 1.01. The number of pyridine rings is 1. The zero-order chi connectivity index (χ0) is 23.1. The van der Waals surface area contributed by atoms with Crippen molar-refractivity contribution in [3.05, 3.63) is 77.6 Å². The normalized spacial score (nSPS) is 12.2. The van der Waals surface area contributed by atoms with Gasteiger partial charge in [-0.25, -0.2) is 8.42 Å². The molecule has 1 heterocycles. The number of nitrogens with zero attached hydrogens (tertiary/aromatic N) is 3. The average Bonchev–Trinajstić information content (AvgIpc) is 2.77. The molecule has 3 aromatic rings. The Morgan fingerprint density at radius 3 is 2.59 bits per heavy atom. The number of rotatable bonds is 10. The minimum Gasteiger partial charge on any atom is -0.369 e. The Bertz CT molecular complexity index is 1210. The monoisotopic (exact) mass is 472 g/mol. The zero-order valence-electron chi connectivity index (χ0n) is 17.7. The molecule has 3 rings (SSSR count). The van der Waals surface area contributed by atoms with E-state index in [0.29, 0.717) is 23.5 Å². The van der Waals surface area contributed by atoms with E-state index in [1.807, 2.05) is 30.4 Å². The van der Waals surface area contributed by atoms with E-state index >= 15 is 0 Å². The Kier molecular flexibility index (Phi) is 7.98. The molecule has 1 amide bonds. The summed E-state index contributed by atoms with van der Waals surface area (Å²) in [5.41, 5.74) is 6.35. The predicted molar refractivity (Wildman–Crippen MR) is 128 cm³/mol. The van der Waals surface area contributed by atoms with Crippen LogP contribution in [0.1, 0.15) is 5.56 Å². The first-order valence-electron chi connectivity index (χ1n) is 9.99. The molecule has 9 heteroatoms. The van der Waals surface area contributed by atoms with Crippen LogP contribution in [0.15, 0.2) is 71.9 Å². The van der Waals surface area contributed by atoms with Crippen molar-refractivity contribution < 1.29 is 13.2 Å². The molecule has 0 aliphatic rings. The lowest BCUT2D eigenvalue weighted by Crippen LogP contribution is -2.40. The van der Waals surface area contributed by atoms with E-state index in [-0.39, 0.29) is 18.0 Å². The molecule has 0 aliphatic carbocycles. The number of carbonyl (C=O) groups excluding carboxylic acids is 1. The molecule has 0 spiro atoms. The summed E-state index contributed by atoms with van der Waals surface area (Å²) in [6, 6.07) is 14.2. The maximum absolute atomic E-state index is 13.2. The van der Waals surface area contributed by atoms with Gasteiger partial charge in [0.1, 0.15) is 0 Å². The van der Waals surface area contributed by atoms with Gasteiger partial charge in [0, 0.05) is 54.9 Å². The molecule has 0 saturated heterocycles. The first kappa shape index (κ1) is 23.9. The Morgan fingerprint density at radius 1 is 1.12 bits per heavy atom. The number of halogens is 1. The molecular formula is C23H25ClN4O3S. The van der Waals surface area contributed by atoms with E-state index in [0.717, 1.165) is 10.9 Å². The van der Waals surface area contributed by atoms with Gasteiger partial charge < -0.3 is 5.73 Å². The molecular weight excluding hydrogens is 448 g/mol. The lowest BCUT2D eigenvalue weighted by molar-refractivity contribution is -0.119. The second-order valence-electron chi connectivity index (χ2n) is 7.33. The fourth-order valence-electron chi connectivity index (χ4n) is 3.26. The van der Waals surface area contributed by atoms with Crippen LogP contribution in [0.4, 0.5) is 0 Å². The highest BCUT2D eigenvalue weighted by Crippen LogP contribution is 2.24. The smallest absolute Gasteiger partial charge is 0.243 e. The lowest BCUT2D eigenvalue weighted by atomic mass is 10.2. The molecule has 0 radical (unpaired) electrons. The summed E-state index contributed by atoms with van der Waals surface area (Å²) < 4.78 is 27.6. The van der Waals surface area contributed by atoms with Gasteiger partial charge in [0.05, 0.1) is 11.4 Å². The van der Waals surface area contributed by atoms with Gasteiger partial charge in [-0.05, 0) is 29.8 Å². The third kappa shape index (κ3) is 6.14. The van der Waals surface area contributed by atoms with Crippen LogP contribution in [0.3, 0.4) is 0 Å². The van der Waals surface area contributed by atoms with Crippen molar-refractivity contribution in [1.29, 1.82) is 0 Å². The van der Waals surface area contributed by atoms with Crippen LogP contribution in [0.5, 0.6) is 0 Å². The van der Waals surface area contributed by atoms with E-state index < -0.39 is 15.9 Å². The number of amides is 1. The van der Waals surface area contributed by atoms with E-state index in [9.17, 15) is 13.2 Å². The summed E-state index contributed by atoms with van der Waals surface area (Å²) in [7, 11) is -2.20. The summed E-state index contributed by atoms with van der Waals surface area (Å²) >= 11 is 5.90.